The van der Waals surface area contributed by atoms with Gasteiger partial charge in [0.25, 0.3) is 0 Å². The second-order valence-corrected chi connectivity index (χ2v) is 3.66. The number of hydrogen-bond acceptors (Lipinski definition) is 3. The van der Waals surface area contributed by atoms with Gasteiger partial charge in [-0.15, -0.1) is 0 Å². The van der Waals surface area contributed by atoms with Gasteiger partial charge in [-0.05, 0) is 25.7 Å². The molecular formula is C9H17NO2. The van der Waals surface area contributed by atoms with Crippen LogP contribution < -0.4 is 5.73 Å². The lowest BCUT2D eigenvalue weighted by Crippen LogP contribution is -2.28. The molecule has 0 aliphatic carbocycles. The molecule has 0 unspecified atom stereocenters. The summed E-state index contributed by atoms with van der Waals surface area (Å²) in [4.78, 5) is 0. The Morgan fingerprint density at radius 1 is 1.17 bits per heavy atom. The first-order valence-electron chi connectivity index (χ1n) is 4.87. The summed E-state index contributed by atoms with van der Waals surface area (Å²) in [7, 11) is 0. The van der Waals surface area contributed by atoms with Gasteiger partial charge >= 0.3 is 0 Å². The molecule has 12 heavy (non-hydrogen) atoms. The number of rotatable bonds is 2. The van der Waals surface area contributed by atoms with E-state index in [0.717, 1.165) is 19.4 Å². The third kappa shape index (κ3) is 1.63. The minimum absolute atomic E-state index is 0.291. The van der Waals surface area contributed by atoms with Crippen molar-refractivity contribution in [3.05, 3.63) is 0 Å². The third-order valence-electron chi connectivity index (χ3n) is 2.78. The van der Waals surface area contributed by atoms with Crippen molar-refractivity contribution in [1.82, 2.24) is 0 Å². The minimum atomic E-state index is 0.291. The van der Waals surface area contributed by atoms with Crippen LogP contribution in [0.25, 0.3) is 0 Å². The lowest BCUT2D eigenvalue weighted by Gasteiger charge is -2.18. The molecule has 0 aromatic carbocycles. The molecule has 0 aromatic rings. The van der Waals surface area contributed by atoms with Crippen LogP contribution >= 0.6 is 0 Å². The first kappa shape index (κ1) is 8.48. The van der Waals surface area contributed by atoms with Crippen LogP contribution in [0.2, 0.25) is 0 Å². The molecule has 70 valence electrons. The Labute approximate surface area is 73.2 Å². The van der Waals surface area contributed by atoms with Crippen LogP contribution in [0.4, 0.5) is 0 Å². The Bertz CT molecular complexity index is 145. The second-order valence-electron chi connectivity index (χ2n) is 3.66. The molecule has 2 aliphatic heterocycles. The number of hydrogen-bond donors (Lipinski definition) is 1. The fourth-order valence-corrected chi connectivity index (χ4v) is 2.08. The third-order valence-corrected chi connectivity index (χ3v) is 2.78. The van der Waals surface area contributed by atoms with Gasteiger partial charge in [-0.3, -0.25) is 0 Å². The molecule has 0 amide bonds. The quantitative estimate of drug-likeness (QED) is 0.664. The van der Waals surface area contributed by atoms with Crippen molar-refractivity contribution in [2.75, 3.05) is 13.2 Å². The van der Waals surface area contributed by atoms with Gasteiger partial charge in [0.05, 0.1) is 18.3 Å². The molecule has 0 bridgehead atoms. The SMILES string of the molecule is NC[C@H]1CC[C@H]([C@H]2CCCO2)O1. The zero-order chi connectivity index (χ0) is 8.39. The van der Waals surface area contributed by atoms with E-state index in [1.54, 1.807) is 0 Å². The summed E-state index contributed by atoms with van der Waals surface area (Å²) in [6, 6.07) is 0. The monoisotopic (exact) mass is 171 g/mol. The summed E-state index contributed by atoms with van der Waals surface area (Å²) in [5, 5.41) is 0. The lowest BCUT2D eigenvalue weighted by molar-refractivity contribution is -0.0420. The highest BCUT2D eigenvalue weighted by Gasteiger charge is 2.33. The molecule has 3 nitrogen and oxygen atoms in total. The Morgan fingerprint density at radius 2 is 2.08 bits per heavy atom. The number of nitrogens with two attached hydrogens (primary N) is 1. The van der Waals surface area contributed by atoms with Crippen molar-refractivity contribution in [3.8, 4) is 0 Å². The summed E-state index contributed by atoms with van der Waals surface area (Å²) >= 11 is 0. The molecule has 0 saturated carbocycles. The fraction of sp³-hybridized carbons (Fsp3) is 1.00. The smallest absolute Gasteiger partial charge is 0.0842 e. The zero-order valence-corrected chi connectivity index (χ0v) is 7.37. The van der Waals surface area contributed by atoms with Crippen molar-refractivity contribution < 1.29 is 9.47 Å². The van der Waals surface area contributed by atoms with Crippen molar-refractivity contribution >= 4 is 0 Å². The molecule has 0 radical (unpaired) electrons. The average Bonchev–Trinajstić information content (AvgIpc) is 2.75. The van der Waals surface area contributed by atoms with Gasteiger partial charge in [0, 0.05) is 13.2 Å². The van der Waals surface area contributed by atoms with E-state index >= 15 is 0 Å². The molecule has 0 spiro atoms. The molecule has 2 saturated heterocycles. The Morgan fingerprint density at radius 3 is 2.67 bits per heavy atom. The van der Waals surface area contributed by atoms with Crippen LogP contribution in [-0.4, -0.2) is 31.5 Å². The minimum Gasteiger partial charge on any atom is -0.376 e. The highest BCUT2D eigenvalue weighted by molar-refractivity contribution is 4.82. The van der Waals surface area contributed by atoms with Crippen molar-refractivity contribution in [2.24, 2.45) is 5.73 Å². The molecule has 2 aliphatic rings. The van der Waals surface area contributed by atoms with E-state index in [4.69, 9.17) is 15.2 Å². The van der Waals surface area contributed by atoms with Crippen molar-refractivity contribution in [1.29, 1.82) is 0 Å². The van der Waals surface area contributed by atoms with Crippen LogP contribution in [0.5, 0.6) is 0 Å². The molecular weight excluding hydrogens is 154 g/mol. The lowest BCUT2D eigenvalue weighted by atomic mass is 10.1. The summed E-state index contributed by atoms with van der Waals surface area (Å²) < 4.78 is 11.3. The van der Waals surface area contributed by atoms with Gasteiger partial charge < -0.3 is 15.2 Å². The van der Waals surface area contributed by atoms with Crippen LogP contribution in [0.1, 0.15) is 25.7 Å². The maximum absolute atomic E-state index is 5.74. The summed E-state index contributed by atoms with van der Waals surface area (Å²) in [6.07, 6.45) is 5.59. The van der Waals surface area contributed by atoms with Gasteiger partial charge in [-0.25, -0.2) is 0 Å². The molecule has 3 atom stereocenters. The van der Waals surface area contributed by atoms with E-state index in [1.165, 1.54) is 12.8 Å². The maximum atomic E-state index is 5.74. The summed E-state index contributed by atoms with van der Waals surface area (Å²) in [6.45, 7) is 1.57. The average molecular weight is 171 g/mol. The molecule has 2 fully saturated rings. The van der Waals surface area contributed by atoms with Gasteiger partial charge in [-0.1, -0.05) is 0 Å². The van der Waals surface area contributed by atoms with E-state index in [2.05, 4.69) is 0 Å². The highest BCUT2D eigenvalue weighted by atomic mass is 16.6. The first-order valence-corrected chi connectivity index (χ1v) is 4.87. The number of ether oxygens (including phenoxy) is 2. The Kier molecular flexibility index (Phi) is 2.63. The Hall–Kier alpha value is -0.120. The fourth-order valence-electron chi connectivity index (χ4n) is 2.08. The van der Waals surface area contributed by atoms with Crippen LogP contribution in [0.15, 0.2) is 0 Å². The molecule has 2 rings (SSSR count). The van der Waals surface area contributed by atoms with Crippen molar-refractivity contribution in [3.63, 3.8) is 0 Å². The zero-order valence-electron chi connectivity index (χ0n) is 7.37. The summed E-state index contributed by atoms with van der Waals surface area (Å²) in [5.41, 5.74) is 5.53. The summed E-state index contributed by atoms with van der Waals surface area (Å²) in [5.74, 6) is 0. The van der Waals surface area contributed by atoms with E-state index in [9.17, 15) is 0 Å². The molecule has 2 heterocycles. The standard InChI is InChI=1S/C9H17NO2/c10-6-7-3-4-9(12-7)8-2-1-5-11-8/h7-9H,1-6,10H2/t7-,8-,9-/m1/s1. The maximum Gasteiger partial charge on any atom is 0.0842 e. The van der Waals surface area contributed by atoms with Gasteiger partial charge in [0.15, 0.2) is 0 Å². The predicted molar refractivity (Wildman–Crippen MR) is 45.9 cm³/mol. The van der Waals surface area contributed by atoms with Gasteiger partial charge in [0.2, 0.25) is 0 Å². The first-order chi connectivity index (χ1) is 5.90. The normalized spacial score (nSPS) is 42.2. The van der Waals surface area contributed by atoms with E-state index in [1.807, 2.05) is 0 Å². The molecule has 3 heteroatoms. The van der Waals surface area contributed by atoms with Gasteiger partial charge in [-0.2, -0.15) is 0 Å². The van der Waals surface area contributed by atoms with E-state index < -0.39 is 0 Å². The molecule has 0 aromatic heterocycles. The van der Waals surface area contributed by atoms with Crippen LogP contribution in [0, 0.1) is 0 Å². The molecule has 2 N–H and O–H groups in total. The highest BCUT2D eigenvalue weighted by Crippen LogP contribution is 2.28. The van der Waals surface area contributed by atoms with Crippen molar-refractivity contribution in [2.45, 2.75) is 44.0 Å². The van der Waals surface area contributed by atoms with Gasteiger partial charge in [0.1, 0.15) is 0 Å². The van der Waals surface area contributed by atoms with Crippen LogP contribution in [0.3, 0.4) is 0 Å². The van der Waals surface area contributed by atoms with Crippen LogP contribution in [-0.2, 0) is 9.47 Å². The Balaban J connectivity index is 1.81. The van der Waals surface area contributed by atoms with E-state index in [-0.39, 0.29) is 0 Å². The second kappa shape index (κ2) is 3.73. The largest absolute Gasteiger partial charge is 0.376 e. The predicted octanol–water partition coefficient (Wildman–Crippen LogP) is 0.672. The topological polar surface area (TPSA) is 44.5 Å². The van der Waals surface area contributed by atoms with E-state index in [0.29, 0.717) is 24.9 Å².